The number of rotatable bonds is 5. The van der Waals surface area contributed by atoms with Gasteiger partial charge in [-0.25, -0.2) is 9.97 Å². The fraction of sp³-hybridized carbons (Fsp3) is 0.417. The van der Waals surface area contributed by atoms with E-state index in [1.165, 1.54) is 0 Å². The van der Waals surface area contributed by atoms with Crippen LogP contribution in [0.4, 0.5) is 5.95 Å². The zero-order valence-corrected chi connectivity index (χ0v) is 16.7. The molecule has 150 valence electrons. The molecule has 0 amide bonds. The first-order valence-corrected chi connectivity index (χ1v) is 10.6. The van der Waals surface area contributed by atoms with Gasteiger partial charge >= 0.3 is 0 Å². The molecule has 2 aromatic carbocycles. The Balaban J connectivity index is 1.33. The molecule has 2 saturated heterocycles. The summed E-state index contributed by atoms with van der Waals surface area (Å²) in [6.45, 7) is 4.42. The molecule has 3 heterocycles. The number of fused-ring (bicyclic) bond motifs is 1. The molecule has 0 bridgehead atoms. The number of ether oxygens (including phenoxy) is 2. The average Bonchev–Trinajstić information content (AvgIpc) is 3.32. The highest BCUT2D eigenvalue weighted by molar-refractivity contribution is 5.93. The molecule has 29 heavy (non-hydrogen) atoms. The van der Waals surface area contributed by atoms with Crippen LogP contribution in [0.5, 0.6) is 0 Å². The maximum absolute atomic E-state index is 6.17. The Morgan fingerprint density at radius 1 is 0.931 bits per heavy atom. The summed E-state index contributed by atoms with van der Waals surface area (Å²) in [5, 5.41) is 1.10. The van der Waals surface area contributed by atoms with Gasteiger partial charge in [0, 0.05) is 36.6 Å². The molecular weight excluding hydrogens is 362 g/mol. The molecule has 1 unspecified atom stereocenters. The number of benzene rings is 2. The number of piperidine rings is 1. The van der Waals surface area contributed by atoms with Crippen molar-refractivity contribution in [1.82, 2.24) is 9.97 Å². The molecule has 2 fully saturated rings. The average molecular weight is 389 g/mol. The molecule has 1 aromatic heterocycles. The first-order valence-electron chi connectivity index (χ1n) is 10.6. The van der Waals surface area contributed by atoms with Crippen molar-refractivity contribution in [2.45, 2.75) is 25.4 Å². The van der Waals surface area contributed by atoms with Crippen LogP contribution in [-0.4, -0.2) is 49.0 Å². The van der Waals surface area contributed by atoms with E-state index in [1.54, 1.807) is 0 Å². The van der Waals surface area contributed by atoms with Crippen LogP contribution in [-0.2, 0) is 9.47 Å². The number of hydrogen-bond donors (Lipinski definition) is 0. The van der Waals surface area contributed by atoms with Crippen LogP contribution in [0.3, 0.4) is 0 Å². The van der Waals surface area contributed by atoms with Crippen LogP contribution in [0, 0.1) is 5.92 Å². The van der Waals surface area contributed by atoms with E-state index in [2.05, 4.69) is 47.4 Å². The van der Waals surface area contributed by atoms with E-state index in [9.17, 15) is 0 Å². The van der Waals surface area contributed by atoms with Crippen LogP contribution in [0.25, 0.3) is 22.2 Å². The summed E-state index contributed by atoms with van der Waals surface area (Å²) in [5.74, 6) is 1.40. The fourth-order valence-corrected chi connectivity index (χ4v) is 4.23. The first-order chi connectivity index (χ1) is 14.4. The summed E-state index contributed by atoms with van der Waals surface area (Å²) in [4.78, 5) is 12.2. The lowest BCUT2D eigenvalue weighted by molar-refractivity contribution is 0.0130. The van der Waals surface area contributed by atoms with E-state index < -0.39 is 0 Å². The zero-order valence-electron chi connectivity index (χ0n) is 16.7. The Kier molecular flexibility index (Phi) is 5.41. The summed E-state index contributed by atoms with van der Waals surface area (Å²) < 4.78 is 11.6. The van der Waals surface area contributed by atoms with Crippen molar-refractivity contribution < 1.29 is 9.47 Å². The molecule has 0 saturated carbocycles. The largest absolute Gasteiger partial charge is 0.381 e. The summed E-state index contributed by atoms with van der Waals surface area (Å²) in [7, 11) is 0. The molecule has 3 aromatic rings. The predicted molar refractivity (Wildman–Crippen MR) is 115 cm³/mol. The number of aromatic nitrogens is 2. The Morgan fingerprint density at radius 2 is 1.72 bits per heavy atom. The quantitative estimate of drug-likeness (QED) is 0.650. The highest BCUT2D eigenvalue weighted by Crippen LogP contribution is 2.29. The normalized spacial score (nSPS) is 20.4. The highest BCUT2D eigenvalue weighted by Gasteiger charge is 2.24. The molecule has 0 aliphatic carbocycles. The maximum Gasteiger partial charge on any atom is 0.226 e. The van der Waals surface area contributed by atoms with E-state index in [4.69, 9.17) is 19.4 Å². The van der Waals surface area contributed by atoms with Crippen molar-refractivity contribution in [2.75, 3.05) is 37.8 Å². The summed E-state index contributed by atoms with van der Waals surface area (Å²) in [6.07, 6.45) is 3.50. The Morgan fingerprint density at radius 3 is 2.52 bits per heavy atom. The van der Waals surface area contributed by atoms with Gasteiger partial charge < -0.3 is 14.4 Å². The molecule has 1 atom stereocenters. The highest BCUT2D eigenvalue weighted by atomic mass is 16.5. The molecule has 5 nitrogen and oxygen atoms in total. The summed E-state index contributed by atoms with van der Waals surface area (Å²) in [5.41, 5.74) is 3.13. The predicted octanol–water partition coefficient (Wildman–Crippen LogP) is 4.32. The minimum Gasteiger partial charge on any atom is -0.381 e. The van der Waals surface area contributed by atoms with E-state index in [-0.39, 0.29) is 0 Å². The number of para-hydroxylation sites is 1. The van der Waals surface area contributed by atoms with Crippen LogP contribution < -0.4 is 4.90 Å². The topological polar surface area (TPSA) is 47.5 Å². The third-order valence-electron chi connectivity index (χ3n) is 5.96. The van der Waals surface area contributed by atoms with E-state index in [0.29, 0.717) is 12.0 Å². The summed E-state index contributed by atoms with van der Waals surface area (Å²) in [6, 6.07) is 18.7. The van der Waals surface area contributed by atoms with E-state index in [0.717, 1.165) is 80.3 Å². The van der Waals surface area contributed by atoms with Crippen LogP contribution in [0.1, 0.15) is 19.3 Å². The summed E-state index contributed by atoms with van der Waals surface area (Å²) >= 11 is 0. The van der Waals surface area contributed by atoms with Crippen molar-refractivity contribution in [2.24, 2.45) is 5.92 Å². The van der Waals surface area contributed by atoms with Gasteiger partial charge in [-0.1, -0.05) is 48.5 Å². The lowest BCUT2D eigenvalue weighted by Crippen LogP contribution is -2.38. The second-order valence-electron chi connectivity index (χ2n) is 8.00. The van der Waals surface area contributed by atoms with Gasteiger partial charge in [0.25, 0.3) is 0 Å². The van der Waals surface area contributed by atoms with Gasteiger partial charge in [-0.2, -0.15) is 0 Å². The van der Waals surface area contributed by atoms with Gasteiger partial charge in [-0.05, 0) is 25.3 Å². The van der Waals surface area contributed by atoms with E-state index in [1.807, 2.05) is 12.1 Å². The van der Waals surface area contributed by atoms with Crippen molar-refractivity contribution in [3.05, 3.63) is 54.6 Å². The van der Waals surface area contributed by atoms with Gasteiger partial charge in [0.2, 0.25) is 5.95 Å². The van der Waals surface area contributed by atoms with Gasteiger partial charge in [0.05, 0.1) is 30.5 Å². The lowest BCUT2D eigenvalue weighted by Gasteiger charge is -2.32. The van der Waals surface area contributed by atoms with Gasteiger partial charge in [-0.3, -0.25) is 0 Å². The first kappa shape index (κ1) is 18.5. The van der Waals surface area contributed by atoms with Crippen molar-refractivity contribution in [3.8, 4) is 11.3 Å². The van der Waals surface area contributed by atoms with Gasteiger partial charge in [-0.15, -0.1) is 0 Å². The molecule has 0 radical (unpaired) electrons. The van der Waals surface area contributed by atoms with Crippen molar-refractivity contribution in [1.29, 1.82) is 0 Å². The number of anilines is 1. The molecule has 0 N–H and O–H groups in total. The van der Waals surface area contributed by atoms with Crippen LogP contribution in [0.2, 0.25) is 0 Å². The smallest absolute Gasteiger partial charge is 0.226 e. The zero-order chi connectivity index (χ0) is 19.5. The van der Waals surface area contributed by atoms with Gasteiger partial charge in [0.15, 0.2) is 0 Å². The standard InChI is InChI=1S/C24H27N3O2/c1-2-6-19(7-3-1)23-21-8-4-5-9-22(21)25-24(26-23)27-13-10-20(11-14-27)29-17-18-12-15-28-16-18/h1-9,18,20H,10-17H2. The Hall–Kier alpha value is -2.50. The Labute approximate surface area is 171 Å². The van der Waals surface area contributed by atoms with Crippen molar-refractivity contribution >= 4 is 16.9 Å². The minimum atomic E-state index is 0.334. The third-order valence-corrected chi connectivity index (χ3v) is 5.96. The SMILES string of the molecule is c1ccc(-c2nc(N3CCC(OCC4CCOC4)CC3)nc3ccccc23)cc1. The third kappa shape index (κ3) is 4.11. The molecular formula is C24H27N3O2. The Bertz CT molecular complexity index is 949. The molecule has 5 heteroatoms. The second-order valence-corrected chi connectivity index (χ2v) is 8.00. The van der Waals surface area contributed by atoms with Gasteiger partial charge in [0.1, 0.15) is 0 Å². The monoisotopic (exact) mass is 389 g/mol. The maximum atomic E-state index is 6.17. The molecule has 2 aliphatic rings. The van der Waals surface area contributed by atoms with E-state index >= 15 is 0 Å². The van der Waals surface area contributed by atoms with Crippen molar-refractivity contribution in [3.63, 3.8) is 0 Å². The number of hydrogen-bond acceptors (Lipinski definition) is 5. The van der Waals surface area contributed by atoms with Crippen LogP contribution >= 0.6 is 0 Å². The minimum absolute atomic E-state index is 0.334. The number of nitrogens with zero attached hydrogens (tertiary/aromatic N) is 3. The van der Waals surface area contributed by atoms with Crippen LogP contribution in [0.15, 0.2) is 54.6 Å². The lowest BCUT2D eigenvalue weighted by atomic mass is 10.1. The fourth-order valence-electron chi connectivity index (χ4n) is 4.23. The molecule has 2 aliphatic heterocycles. The second kappa shape index (κ2) is 8.47. The molecule has 5 rings (SSSR count). The molecule has 0 spiro atoms.